The zero-order valence-electron chi connectivity index (χ0n) is 11.3. The van der Waals surface area contributed by atoms with Crippen LogP contribution >= 0.6 is 0 Å². The third-order valence-corrected chi connectivity index (χ3v) is 3.88. The number of nitrogens with two attached hydrogens (primary N) is 1. The van der Waals surface area contributed by atoms with Crippen molar-refractivity contribution < 1.29 is 4.39 Å². The molecule has 1 aliphatic rings. The summed E-state index contributed by atoms with van der Waals surface area (Å²) in [4.78, 5) is 4.64. The molecule has 106 valence electrons. The summed E-state index contributed by atoms with van der Waals surface area (Å²) < 4.78 is 15.1. The highest BCUT2D eigenvalue weighted by atomic mass is 19.1. The van der Waals surface area contributed by atoms with E-state index in [1.807, 2.05) is 12.1 Å². The molecule has 0 atom stereocenters. The lowest BCUT2D eigenvalue weighted by Gasteiger charge is -2.09. The quantitative estimate of drug-likeness (QED) is 0.559. The number of hydrazine groups is 1. The topological polar surface area (TPSA) is 68.2 Å². The van der Waals surface area contributed by atoms with E-state index in [0.717, 1.165) is 47.5 Å². The summed E-state index contributed by atoms with van der Waals surface area (Å²) in [5, 5.41) is 4.52. The third kappa shape index (κ3) is 1.87. The van der Waals surface area contributed by atoms with Crippen LogP contribution in [0, 0.1) is 5.82 Å². The molecule has 0 amide bonds. The number of aryl methyl sites for hydroxylation is 1. The van der Waals surface area contributed by atoms with Crippen molar-refractivity contribution in [3.8, 4) is 11.3 Å². The molecule has 3 aromatic rings. The second-order valence-electron chi connectivity index (χ2n) is 5.19. The van der Waals surface area contributed by atoms with E-state index >= 15 is 0 Å². The van der Waals surface area contributed by atoms with Gasteiger partial charge in [-0.3, -0.25) is 0 Å². The highest BCUT2D eigenvalue weighted by molar-refractivity contribution is 5.67. The molecule has 3 N–H and O–H groups in total. The third-order valence-electron chi connectivity index (χ3n) is 3.88. The molecule has 0 radical (unpaired) electrons. The lowest BCUT2D eigenvalue weighted by atomic mass is 10.1. The fraction of sp³-hybridized carbons (Fsp3) is 0.200. The van der Waals surface area contributed by atoms with E-state index < -0.39 is 0 Å². The highest BCUT2D eigenvalue weighted by Crippen LogP contribution is 2.29. The summed E-state index contributed by atoms with van der Waals surface area (Å²) in [6.07, 6.45) is 2.99. The van der Waals surface area contributed by atoms with Crippen LogP contribution in [-0.4, -0.2) is 14.6 Å². The summed E-state index contributed by atoms with van der Waals surface area (Å²) >= 11 is 0. The Morgan fingerprint density at radius 1 is 1.24 bits per heavy atom. The Morgan fingerprint density at radius 3 is 2.95 bits per heavy atom. The van der Waals surface area contributed by atoms with Crippen LogP contribution < -0.4 is 11.3 Å². The average molecular weight is 283 g/mol. The average Bonchev–Trinajstić information content (AvgIpc) is 3.10. The van der Waals surface area contributed by atoms with Gasteiger partial charge in [0, 0.05) is 22.9 Å². The molecule has 0 aliphatic heterocycles. The van der Waals surface area contributed by atoms with Gasteiger partial charge in [-0.1, -0.05) is 12.1 Å². The Balaban J connectivity index is 1.95. The van der Waals surface area contributed by atoms with E-state index in [-0.39, 0.29) is 5.82 Å². The lowest BCUT2D eigenvalue weighted by Crippen LogP contribution is -2.15. The van der Waals surface area contributed by atoms with Gasteiger partial charge < -0.3 is 5.43 Å². The molecule has 2 aromatic heterocycles. The molecule has 1 aliphatic carbocycles. The van der Waals surface area contributed by atoms with E-state index in [1.54, 1.807) is 10.6 Å². The van der Waals surface area contributed by atoms with Crippen molar-refractivity contribution in [1.29, 1.82) is 0 Å². The van der Waals surface area contributed by atoms with Gasteiger partial charge >= 0.3 is 0 Å². The van der Waals surface area contributed by atoms with Crippen LogP contribution in [0.25, 0.3) is 16.9 Å². The Labute approximate surface area is 120 Å². The minimum Gasteiger partial charge on any atom is -0.308 e. The minimum atomic E-state index is -0.280. The monoisotopic (exact) mass is 283 g/mol. The first-order valence-corrected chi connectivity index (χ1v) is 6.90. The number of hydrogen-bond donors (Lipinski definition) is 2. The molecular weight excluding hydrogens is 269 g/mol. The van der Waals surface area contributed by atoms with E-state index in [9.17, 15) is 4.39 Å². The Kier molecular flexibility index (Phi) is 2.65. The first-order chi connectivity index (χ1) is 10.3. The van der Waals surface area contributed by atoms with Gasteiger partial charge in [0.2, 0.25) is 0 Å². The summed E-state index contributed by atoms with van der Waals surface area (Å²) in [6, 6.07) is 8.23. The molecule has 1 aromatic carbocycles. The minimum absolute atomic E-state index is 0.280. The second-order valence-corrected chi connectivity index (χ2v) is 5.19. The maximum atomic E-state index is 13.4. The standard InChI is InChI=1S/C15H14FN5/c16-10-4-1-3-9(7-10)13-8-14-18-12-6-2-5-11(12)15(19-17)21(14)20-13/h1,3-4,7-8,19H,2,5-6,17H2. The van der Waals surface area contributed by atoms with Crippen LogP contribution in [0.1, 0.15) is 17.7 Å². The zero-order chi connectivity index (χ0) is 14.4. The van der Waals surface area contributed by atoms with Gasteiger partial charge in [-0.25, -0.2) is 15.2 Å². The van der Waals surface area contributed by atoms with Crippen molar-refractivity contribution in [3.05, 3.63) is 47.4 Å². The van der Waals surface area contributed by atoms with Crippen LogP contribution in [0.2, 0.25) is 0 Å². The number of nitrogens with zero attached hydrogens (tertiary/aromatic N) is 3. The summed E-state index contributed by atoms with van der Waals surface area (Å²) in [6.45, 7) is 0. The summed E-state index contributed by atoms with van der Waals surface area (Å²) in [5.74, 6) is 6.16. The predicted molar refractivity (Wildman–Crippen MR) is 78.2 cm³/mol. The van der Waals surface area contributed by atoms with Gasteiger partial charge in [-0.05, 0) is 31.4 Å². The van der Waals surface area contributed by atoms with E-state index in [1.165, 1.54) is 12.1 Å². The van der Waals surface area contributed by atoms with Gasteiger partial charge in [-0.15, -0.1) is 0 Å². The Hall–Kier alpha value is -2.47. The van der Waals surface area contributed by atoms with Crippen molar-refractivity contribution in [1.82, 2.24) is 14.6 Å². The number of aromatic nitrogens is 3. The van der Waals surface area contributed by atoms with Crippen LogP contribution in [-0.2, 0) is 12.8 Å². The molecule has 21 heavy (non-hydrogen) atoms. The number of fused-ring (bicyclic) bond motifs is 2. The lowest BCUT2D eigenvalue weighted by molar-refractivity contribution is 0.628. The smallest absolute Gasteiger partial charge is 0.158 e. The molecule has 0 spiro atoms. The summed E-state index contributed by atoms with van der Waals surface area (Å²) in [5.41, 5.74) is 7.06. The molecule has 0 fully saturated rings. The van der Waals surface area contributed by atoms with E-state index in [2.05, 4.69) is 15.5 Å². The molecule has 5 nitrogen and oxygen atoms in total. The highest BCUT2D eigenvalue weighted by Gasteiger charge is 2.21. The van der Waals surface area contributed by atoms with Crippen molar-refractivity contribution in [2.24, 2.45) is 5.84 Å². The van der Waals surface area contributed by atoms with Gasteiger partial charge in [0.1, 0.15) is 11.6 Å². The number of nitrogens with one attached hydrogen (secondary N) is 1. The van der Waals surface area contributed by atoms with Gasteiger partial charge in [0.25, 0.3) is 0 Å². The number of halogens is 1. The predicted octanol–water partition coefficient (Wildman–Crippen LogP) is 2.31. The molecule has 0 unspecified atom stereocenters. The SMILES string of the molecule is NNc1c2c(nc3cc(-c4cccc(F)c4)nn13)CCC2. The van der Waals surface area contributed by atoms with Crippen molar-refractivity contribution in [3.63, 3.8) is 0 Å². The van der Waals surface area contributed by atoms with Crippen LogP contribution in [0.15, 0.2) is 30.3 Å². The fourth-order valence-corrected chi connectivity index (χ4v) is 2.92. The van der Waals surface area contributed by atoms with Gasteiger partial charge in [-0.2, -0.15) is 9.61 Å². The number of rotatable bonds is 2. The van der Waals surface area contributed by atoms with E-state index in [4.69, 9.17) is 5.84 Å². The second kappa shape index (κ2) is 4.53. The zero-order valence-corrected chi connectivity index (χ0v) is 11.3. The molecule has 2 heterocycles. The molecule has 4 rings (SSSR count). The van der Waals surface area contributed by atoms with E-state index in [0.29, 0.717) is 5.69 Å². The van der Waals surface area contributed by atoms with Crippen molar-refractivity contribution in [2.45, 2.75) is 19.3 Å². The molecule has 0 saturated carbocycles. The number of nitrogen functional groups attached to an aromatic ring is 1. The first kappa shape index (κ1) is 12.3. The fourth-order valence-electron chi connectivity index (χ4n) is 2.92. The normalized spacial score (nSPS) is 13.6. The number of benzene rings is 1. The maximum absolute atomic E-state index is 13.4. The maximum Gasteiger partial charge on any atom is 0.158 e. The van der Waals surface area contributed by atoms with Crippen LogP contribution in [0.5, 0.6) is 0 Å². The molecule has 0 saturated heterocycles. The largest absolute Gasteiger partial charge is 0.308 e. The van der Waals surface area contributed by atoms with Gasteiger partial charge in [0.05, 0.1) is 5.69 Å². The number of hydrogen-bond acceptors (Lipinski definition) is 4. The van der Waals surface area contributed by atoms with Gasteiger partial charge in [0.15, 0.2) is 5.65 Å². The Morgan fingerprint density at radius 2 is 2.14 bits per heavy atom. The van der Waals surface area contributed by atoms with Crippen LogP contribution in [0.4, 0.5) is 10.2 Å². The van der Waals surface area contributed by atoms with Crippen molar-refractivity contribution >= 4 is 11.5 Å². The molecule has 6 heteroatoms. The Bertz CT molecular complexity index is 839. The van der Waals surface area contributed by atoms with Crippen LogP contribution in [0.3, 0.4) is 0 Å². The van der Waals surface area contributed by atoms with Crippen molar-refractivity contribution in [2.75, 3.05) is 5.43 Å². The summed E-state index contributed by atoms with van der Waals surface area (Å²) in [7, 11) is 0. The molecular formula is C15H14FN5. The molecule has 0 bridgehead atoms. The first-order valence-electron chi connectivity index (χ1n) is 6.90. The number of anilines is 1.